The molecule has 1 aliphatic heterocycles. The predicted molar refractivity (Wildman–Crippen MR) is 125 cm³/mol. The fourth-order valence-electron chi connectivity index (χ4n) is 3.23. The number of rotatable bonds is 5. The van der Waals surface area contributed by atoms with Crippen LogP contribution in [0, 0.1) is 24.1 Å². The van der Waals surface area contributed by atoms with E-state index in [1.54, 1.807) is 35.1 Å². The maximum absolute atomic E-state index is 13.9. The zero-order valence-corrected chi connectivity index (χ0v) is 19.5. The van der Waals surface area contributed by atoms with Crippen LogP contribution in [-0.2, 0) is 30.8 Å². The summed E-state index contributed by atoms with van der Waals surface area (Å²) in [5.74, 6) is 0.0888. The Morgan fingerprint density at radius 3 is 2.71 bits per heavy atom. The molecular formula is C24H21FN6O3S. The molecule has 2 aromatic carbocycles. The van der Waals surface area contributed by atoms with Gasteiger partial charge in [-0.15, -0.1) is 0 Å². The van der Waals surface area contributed by atoms with Crippen molar-refractivity contribution in [3.63, 3.8) is 0 Å². The number of nitrogens with zero attached hydrogens (tertiary/aromatic N) is 5. The standard InChI is InChI=1S/C17H13FN6O.C7H8O2S/c18-14-5-11(6-19)1-2-12(14)10-25-17-21-4-3-16(22-17)24-9-13-7-20-8-15(13)23-24;1-6-2-4-7(5-3-6)10(8)9/h1-5,9,20H,7-8,10H2;2-5H,1H3,(H,8,9). The minimum Gasteiger partial charge on any atom is -0.458 e. The van der Waals surface area contributed by atoms with Crippen molar-refractivity contribution in [2.45, 2.75) is 31.5 Å². The quantitative estimate of drug-likeness (QED) is 0.406. The van der Waals surface area contributed by atoms with E-state index in [0.29, 0.717) is 16.3 Å². The summed E-state index contributed by atoms with van der Waals surface area (Å²) in [5, 5.41) is 16.5. The minimum atomic E-state index is -1.84. The largest absolute Gasteiger partial charge is 0.458 e. The highest BCUT2D eigenvalue weighted by Crippen LogP contribution is 2.17. The van der Waals surface area contributed by atoms with Crippen LogP contribution >= 0.6 is 0 Å². The molecule has 0 radical (unpaired) electrons. The molecule has 0 saturated heterocycles. The zero-order chi connectivity index (χ0) is 24.8. The molecule has 0 bridgehead atoms. The van der Waals surface area contributed by atoms with Crippen molar-refractivity contribution in [2.24, 2.45) is 0 Å². The van der Waals surface area contributed by atoms with E-state index in [9.17, 15) is 8.60 Å². The van der Waals surface area contributed by atoms with Crippen LogP contribution in [0.4, 0.5) is 4.39 Å². The summed E-state index contributed by atoms with van der Waals surface area (Å²) < 4.78 is 40.1. The fraction of sp³-hybridized carbons (Fsp3) is 0.167. The number of nitrogens with one attached hydrogen (secondary N) is 1. The highest BCUT2D eigenvalue weighted by Gasteiger charge is 2.16. The average Bonchev–Trinajstić information content (AvgIpc) is 3.47. The lowest BCUT2D eigenvalue weighted by molar-refractivity contribution is 0.275. The number of halogens is 1. The van der Waals surface area contributed by atoms with Gasteiger partial charge in [0.1, 0.15) is 12.4 Å². The van der Waals surface area contributed by atoms with E-state index in [-0.39, 0.29) is 18.2 Å². The Morgan fingerprint density at radius 2 is 2.03 bits per heavy atom. The second kappa shape index (κ2) is 11.0. The first-order valence-electron chi connectivity index (χ1n) is 10.5. The second-order valence-electron chi connectivity index (χ2n) is 7.62. The van der Waals surface area contributed by atoms with Crippen LogP contribution in [0.5, 0.6) is 6.01 Å². The van der Waals surface area contributed by atoms with Crippen molar-refractivity contribution < 1.29 is 17.9 Å². The number of aryl methyl sites for hydroxylation is 1. The van der Waals surface area contributed by atoms with E-state index < -0.39 is 16.9 Å². The number of hydrogen-bond donors (Lipinski definition) is 2. The van der Waals surface area contributed by atoms with E-state index in [0.717, 1.165) is 29.9 Å². The molecule has 1 atom stereocenters. The number of nitriles is 1. The van der Waals surface area contributed by atoms with Crippen molar-refractivity contribution in [2.75, 3.05) is 0 Å². The Hall–Kier alpha value is -3.98. The monoisotopic (exact) mass is 492 g/mol. The lowest BCUT2D eigenvalue weighted by atomic mass is 10.1. The van der Waals surface area contributed by atoms with E-state index in [1.165, 1.54) is 12.1 Å². The van der Waals surface area contributed by atoms with E-state index in [2.05, 4.69) is 20.4 Å². The Bertz CT molecular complexity index is 1380. The molecular weight excluding hydrogens is 471 g/mol. The Kier molecular flexibility index (Phi) is 7.57. The first kappa shape index (κ1) is 24.2. The van der Waals surface area contributed by atoms with E-state index in [1.807, 2.05) is 31.3 Å². The summed E-state index contributed by atoms with van der Waals surface area (Å²) >= 11 is -1.84. The molecule has 35 heavy (non-hydrogen) atoms. The number of fused-ring (bicyclic) bond motifs is 1. The SMILES string of the molecule is Cc1ccc(S(=O)O)cc1.N#Cc1ccc(COc2nccc(-n3cc4c(n3)CNC4)n2)c(F)c1. The summed E-state index contributed by atoms with van der Waals surface area (Å²) in [4.78, 5) is 8.80. The molecule has 0 spiro atoms. The van der Waals surface area contributed by atoms with Gasteiger partial charge in [0.15, 0.2) is 16.9 Å². The topological polar surface area (TPSA) is 126 Å². The summed E-state index contributed by atoms with van der Waals surface area (Å²) in [6.07, 6.45) is 3.49. The third-order valence-electron chi connectivity index (χ3n) is 5.10. The summed E-state index contributed by atoms with van der Waals surface area (Å²) in [6.45, 7) is 3.45. The van der Waals surface area contributed by atoms with Crippen LogP contribution in [0.25, 0.3) is 5.82 Å². The summed E-state index contributed by atoms with van der Waals surface area (Å²) in [5.41, 5.74) is 3.83. The number of hydrogen-bond acceptors (Lipinski definition) is 7. The normalized spacial score (nSPS) is 12.7. The van der Waals surface area contributed by atoms with Gasteiger partial charge in [0, 0.05) is 42.7 Å². The smallest absolute Gasteiger partial charge is 0.318 e. The van der Waals surface area contributed by atoms with Crippen molar-refractivity contribution in [3.05, 3.63) is 94.7 Å². The second-order valence-corrected chi connectivity index (χ2v) is 8.59. The molecule has 1 aliphatic rings. The van der Waals surface area contributed by atoms with Gasteiger partial charge in [-0.3, -0.25) is 0 Å². The average molecular weight is 493 g/mol. The van der Waals surface area contributed by atoms with Gasteiger partial charge < -0.3 is 14.6 Å². The zero-order valence-electron chi connectivity index (χ0n) is 18.7. The first-order chi connectivity index (χ1) is 16.9. The molecule has 11 heteroatoms. The highest BCUT2D eigenvalue weighted by atomic mass is 32.2. The number of aromatic nitrogens is 4. The summed E-state index contributed by atoms with van der Waals surface area (Å²) in [7, 11) is 0. The van der Waals surface area contributed by atoms with Gasteiger partial charge in [0.05, 0.1) is 22.2 Å². The Balaban J connectivity index is 0.000000243. The number of ether oxygens (including phenoxy) is 1. The fourth-order valence-corrected chi connectivity index (χ4v) is 3.60. The molecule has 4 aromatic rings. The maximum Gasteiger partial charge on any atom is 0.318 e. The molecule has 5 rings (SSSR count). The lowest BCUT2D eigenvalue weighted by Crippen LogP contribution is -2.07. The summed E-state index contributed by atoms with van der Waals surface area (Å²) in [6, 6.07) is 14.9. The van der Waals surface area contributed by atoms with Crippen LogP contribution < -0.4 is 10.1 Å². The Labute approximate surface area is 203 Å². The molecule has 0 saturated carbocycles. The van der Waals surface area contributed by atoms with Gasteiger partial charge in [0.2, 0.25) is 0 Å². The van der Waals surface area contributed by atoms with Crippen LogP contribution in [0.3, 0.4) is 0 Å². The molecule has 1 unspecified atom stereocenters. The molecule has 0 amide bonds. The van der Waals surface area contributed by atoms with Gasteiger partial charge in [0.25, 0.3) is 0 Å². The highest BCUT2D eigenvalue weighted by molar-refractivity contribution is 7.79. The number of benzene rings is 2. The van der Waals surface area contributed by atoms with Crippen LogP contribution in [0.15, 0.2) is 65.8 Å². The maximum atomic E-state index is 13.9. The molecule has 3 heterocycles. The van der Waals surface area contributed by atoms with Gasteiger partial charge in [-0.25, -0.2) is 18.3 Å². The van der Waals surface area contributed by atoms with Gasteiger partial charge >= 0.3 is 6.01 Å². The minimum absolute atomic E-state index is 0.0273. The van der Waals surface area contributed by atoms with Crippen LogP contribution in [0.1, 0.15) is 27.9 Å². The van der Waals surface area contributed by atoms with Gasteiger partial charge in [-0.2, -0.15) is 15.3 Å². The molecule has 9 nitrogen and oxygen atoms in total. The van der Waals surface area contributed by atoms with E-state index in [4.69, 9.17) is 14.6 Å². The van der Waals surface area contributed by atoms with Crippen molar-refractivity contribution >= 4 is 11.1 Å². The third kappa shape index (κ3) is 6.13. The predicted octanol–water partition coefficient (Wildman–Crippen LogP) is 3.43. The van der Waals surface area contributed by atoms with Crippen LogP contribution in [-0.4, -0.2) is 28.5 Å². The molecule has 2 N–H and O–H groups in total. The van der Waals surface area contributed by atoms with Crippen LogP contribution in [0.2, 0.25) is 0 Å². The van der Waals surface area contributed by atoms with Gasteiger partial charge in [-0.1, -0.05) is 23.8 Å². The molecule has 2 aromatic heterocycles. The van der Waals surface area contributed by atoms with Crippen molar-refractivity contribution in [3.8, 4) is 17.9 Å². The molecule has 0 fully saturated rings. The van der Waals surface area contributed by atoms with Crippen molar-refractivity contribution in [1.82, 2.24) is 25.1 Å². The molecule has 0 aliphatic carbocycles. The first-order valence-corrected chi connectivity index (χ1v) is 11.6. The Morgan fingerprint density at radius 1 is 1.23 bits per heavy atom. The molecule has 178 valence electrons. The lowest BCUT2D eigenvalue weighted by Gasteiger charge is -2.07. The van der Waals surface area contributed by atoms with Crippen molar-refractivity contribution in [1.29, 1.82) is 5.26 Å². The van der Waals surface area contributed by atoms with E-state index >= 15 is 0 Å². The van der Waals surface area contributed by atoms with Gasteiger partial charge in [-0.05, 0) is 31.2 Å². The third-order valence-corrected chi connectivity index (χ3v) is 5.78.